The highest BCUT2D eigenvalue weighted by Gasteiger charge is 2.27. The summed E-state index contributed by atoms with van der Waals surface area (Å²) >= 11 is 0. The van der Waals surface area contributed by atoms with Crippen LogP contribution in [-0.2, 0) is 16.6 Å². The van der Waals surface area contributed by atoms with Crippen molar-refractivity contribution in [2.45, 2.75) is 18.4 Å². The van der Waals surface area contributed by atoms with Gasteiger partial charge in [-0.3, -0.25) is 8.71 Å². The van der Waals surface area contributed by atoms with Gasteiger partial charge in [0.15, 0.2) is 5.65 Å². The minimum atomic E-state index is -4.25. The summed E-state index contributed by atoms with van der Waals surface area (Å²) in [5.74, 6) is -1.86. The van der Waals surface area contributed by atoms with Gasteiger partial charge in [-0.1, -0.05) is 12.1 Å². The normalized spacial score (nSPS) is 11.7. The first-order valence-corrected chi connectivity index (χ1v) is 10.2. The van der Waals surface area contributed by atoms with Gasteiger partial charge in [0.1, 0.15) is 28.2 Å². The molecule has 10 heteroatoms. The fraction of sp³-hybridized carbons (Fsp3) is 0.100. The van der Waals surface area contributed by atoms with Crippen LogP contribution in [0.1, 0.15) is 11.4 Å². The van der Waals surface area contributed by atoms with Crippen LogP contribution < -0.4 is 4.31 Å². The zero-order chi connectivity index (χ0) is 21.5. The van der Waals surface area contributed by atoms with Gasteiger partial charge in [-0.25, -0.2) is 21.6 Å². The van der Waals surface area contributed by atoms with Crippen molar-refractivity contribution in [3.63, 3.8) is 0 Å². The molecule has 0 aliphatic heterocycles. The molecule has 0 spiro atoms. The van der Waals surface area contributed by atoms with Crippen LogP contribution in [-0.4, -0.2) is 23.0 Å². The summed E-state index contributed by atoms with van der Waals surface area (Å²) in [6.07, 6.45) is 1.34. The largest absolute Gasteiger partial charge is 0.285 e. The highest BCUT2D eigenvalue weighted by Crippen LogP contribution is 2.28. The Balaban J connectivity index is 1.85. The number of rotatable bonds is 5. The van der Waals surface area contributed by atoms with Crippen molar-refractivity contribution in [2.75, 3.05) is 4.31 Å². The Morgan fingerprint density at radius 1 is 0.900 bits per heavy atom. The number of hydrogen-bond donors (Lipinski definition) is 0. The van der Waals surface area contributed by atoms with Crippen LogP contribution >= 0.6 is 0 Å². The number of aryl methyl sites for hydroxylation is 1. The lowest BCUT2D eigenvalue weighted by molar-refractivity contribution is 0.579. The van der Waals surface area contributed by atoms with E-state index in [1.54, 1.807) is 6.92 Å². The van der Waals surface area contributed by atoms with Crippen LogP contribution in [0.4, 0.5) is 18.9 Å². The fourth-order valence-electron chi connectivity index (χ4n) is 3.02. The molecule has 0 saturated carbocycles. The van der Waals surface area contributed by atoms with Crippen LogP contribution in [0.2, 0.25) is 0 Å². The summed E-state index contributed by atoms with van der Waals surface area (Å²) in [5.41, 5.74) is 0.692. The first-order valence-electron chi connectivity index (χ1n) is 8.79. The number of benzene rings is 2. The fourth-order valence-corrected chi connectivity index (χ4v) is 4.45. The standard InChI is InChI=1S/C20H15F3N4O2S/c1-13-24-25-20-7-6-19(12-26(13)20)30(28,29)27(11-14-2-4-15(21)5-3-14)18-9-16(22)8-17(23)10-18/h2-10,12H,11H2,1H3. The Morgan fingerprint density at radius 2 is 1.57 bits per heavy atom. The van der Waals surface area contributed by atoms with Crippen molar-refractivity contribution in [1.82, 2.24) is 14.6 Å². The SMILES string of the molecule is Cc1nnc2ccc(S(=O)(=O)N(Cc3ccc(F)cc3)c3cc(F)cc(F)c3)cn12. The highest BCUT2D eigenvalue weighted by atomic mass is 32.2. The van der Waals surface area contributed by atoms with E-state index >= 15 is 0 Å². The lowest BCUT2D eigenvalue weighted by Gasteiger charge is -2.25. The molecule has 0 aliphatic rings. The van der Waals surface area contributed by atoms with Crippen LogP contribution in [0.5, 0.6) is 0 Å². The van der Waals surface area contributed by atoms with Gasteiger partial charge >= 0.3 is 0 Å². The Kier molecular flexibility index (Phi) is 4.94. The molecule has 30 heavy (non-hydrogen) atoms. The van der Waals surface area contributed by atoms with Gasteiger partial charge in [-0.2, -0.15) is 0 Å². The maximum absolute atomic E-state index is 13.9. The lowest BCUT2D eigenvalue weighted by atomic mass is 10.2. The molecule has 0 saturated heterocycles. The first kappa shape index (κ1) is 19.9. The average molecular weight is 432 g/mol. The van der Waals surface area contributed by atoms with Gasteiger partial charge < -0.3 is 0 Å². The number of sulfonamides is 1. The van der Waals surface area contributed by atoms with E-state index in [9.17, 15) is 21.6 Å². The van der Waals surface area contributed by atoms with E-state index in [1.165, 1.54) is 47.0 Å². The molecule has 0 unspecified atom stereocenters. The number of hydrogen-bond acceptors (Lipinski definition) is 4. The van der Waals surface area contributed by atoms with E-state index in [2.05, 4.69) is 10.2 Å². The van der Waals surface area contributed by atoms with Crippen molar-refractivity contribution in [3.8, 4) is 0 Å². The lowest BCUT2D eigenvalue weighted by Crippen LogP contribution is -2.31. The molecule has 0 aliphatic carbocycles. The van der Waals surface area contributed by atoms with Crippen LogP contribution in [0.3, 0.4) is 0 Å². The van der Waals surface area contributed by atoms with Crippen LogP contribution in [0.15, 0.2) is 65.7 Å². The molecule has 2 heterocycles. The van der Waals surface area contributed by atoms with Crippen molar-refractivity contribution in [2.24, 2.45) is 0 Å². The number of halogens is 3. The maximum atomic E-state index is 13.9. The molecule has 2 aromatic carbocycles. The third-order valence-electron chi connectivity index (χ3n) is 4.51. The number of anilines is 1. The zero-order valence-electron chi connectivity index (χ0n) is 15.6. The number of nitrogens with zero attached hydrogens (tertiary/aromatic N) is 4. The minimum Gasteiger partial charge on any atom is -0.285 e. The van der Waals surface area contributed by atoms with Crippen molar-refractivity contribution >= 4 is 21.4 Å². The molecule has 154 valence electrons. The molecule has 0 amide bonds. The molecular weight excluding hydrogens is 417 g/mol. The molecule has 0 bridgehead atoms. The molecule has 0 N–H and O–H groups in total. The molecule has 6 nitrogen and oxygen atoms in total. The summed E-state index contributed by atoms with van der Waals surface area (Å²) in [6.45, 7) is 1.40. The van der Waals surface area contributed by atoms with Crippen LogP contribution in [0.25, 0.3) is 5.65 Å². The minimum absolute atomic E-state index is 0.121. The second-order valence-electron chi connectivity index (χ2n) is 6.61. The maximum Gasteiger partial charge on any atom is 0.266 e. The van der Waals surface area contributed by atoms with Crippen molar-refractivity contribution in [3.05, 3.63) is 89.6 Å². The Morgan fingerprint density at radius 3 is 2.23 bits per heavy atom. The quantitative estimate of drug-likeness (QED) is 0.481. The molecule has 4 rings (SSSR count). The summed E-state index contributed by atoms with van der Waals surface area (Å²) in [6, 6.07) is 10.5. The van der Waals surface area contributed by atoms with Gasteiger partial charge in [0, 0.05) is 12.3 Å². The van der Waals surface area contributed by atoms with E-state index in [0.29, 0.717) is 23.1 Å². The first-order chi connectivity index (χ1) is 14.2. The van der Waals surface area contributed by atoms with E-state index in [1.807, 2.05) is 0 Å². The van der Waals surface area contributed by atoms with Gasteiger partial charge in [-0.05, 0) is 48.9 Å². The molecule has 2 aromatic heterocycles. The Labute approximate surface area is 170 Å². The topological polar surface area (TPSA) is 67.6 Å². The van der Waals surface area contributed by atoms with Gasteiger partial charge in [0.25, 0.3) is 10.0 Å². The average Bonchev–Trinajstić information content (AvgIpc) is 3.07. The Hall–Kier alpha value is -3.40. The summed E-state index contributed by atoms with van der Waals surface area (Å²) in [7, 11) is -4.25. The predicted octanol–water partition coefficient (Wildman–Crippen LogP) is 3.85. The van der Waals surface area contributed by atoms with E-state index < -0.39 is 27.5 Å². The monoisotopic (exact) mass is 432 g/mol. The highest BCUT2D eigenvalue weighted by molar-refractivity contribution is 7.92. The summed E-state index contributed by atoms with van der Waals surface area (Å²) in [4.78, 5) is -0.121. The smallest absolute Gasteiger partial charge is 0.266 e. The molecule has 4 aromatic rings. The van der Waals surface area contributed by atoms with E-state index in [4.69, 9.17) is 0 Å². The summed E-state index contributed by atoms with van der Waals surface area (Å²) in [5, 5.41) is 7.80. The van der Waals surface area contributed by atoms with Crippen molar-refractivity contribution in [1.29, 1.82) is 0 Å². The second-order valence-corrected chi connectivity index (χ2v) is 8.47. The van der Waals surface area contributed by atoms with Gasteiger partial charge in [0.2, 0.25) is 0 Å². The molecular formula is C20H15F3N4O2S. The summed E-state index contributed by atoms with van der Waals surface area (Å²) < 4.78 is 70.3. The van der Waals surface area contributed by atoms with E-state index in [0.717, 1.165) is 16.4 Å². The third kappa shape index (κ3) is 3.73. The number of fused-ring (bicyclic) bond motifs is 1. The predicted molar refractivity (Wildman–Crippen MR) is 104 cm³/mol. The molecule has 0 radical (unpaired) electrons. The third-order valence-corrected chi connectivity index (χ3v) is 6.27. The van der Waals surface area contributed by atoms with Crippen LogP contribution in [0, 0.1) is 24.4 Å². The van der Waals surface area contributed by atoms with Gasteiger partial charge in [0.05, 0.1) is 12.2 Å². The molecule has 0 atom stereocenters. The second kappa shape index (κ2) is 7.45. The molecule has 0 fully saturated rings. The van der Waals surface area contributed by atoms with Gasteiger partial charge in [-0.15, -0.1) is 10.2 Å². The number of pyridine rings is 1. The zero-order valence-corrected chi connectivity index (χ0v) is 16.4. The Bertz CT molecular complexity index is 1320. The number of aromatic nitrogens is 3. The van der Waals surface area contributed by atoms with E-state index in [-0.39, 0.29) is 17.1 Å². The van der Waals surface area contributed by atoms with Crippen molar-refractivity contribution < 1.29 is 21.6 Å².